The van der Waals surface area contributed by atoms with E-state index in [0.29, 0.717) is 0 Å². The molecule has 0 spiro atoms. The molecular formula is C15H21N3O2. The van der Waals surface area contributed by atoms with Crippen LogP contribution in [0.25, 0.3) is 0 Å². The zero-order valence-corrected chi connectivity index (χ0v) is 12.1. The van der Waals surface area contributed by atoms with Gasteiger partial charge in [-0.05, 0) is 32.9 Å². The second-order valence-corrected chi connectivity index (χ2v) is 6.31. The normalized spacial score (nSPS) is 28.2. The van der Waals surface area contributed by atoms with Gasteiger partial charge in [0, 0.05) is 30.0 Å². The second kappa shape index (κ2) is 4.46. The predicted octanol–water partition coefficient (Wildman–Crippen LogP) is 1.64. The third kappa shape index (κ3) is 2.27. The molecule has 3 N–H and O–H groups in total. The molecule has 2 heterocycles. The second-order valence-electron chi connectivity index (χ2n) is 6.31. The molecule has 2 aliphatic heterocycles. The van der Waals surface area contributed by atoms with E-state index in [1.807, 2.05) is 18.2 Å². The molecule has 0 saturated carbocycles. The maximum Gasteiger partial charge on any atom is 0.245 e. The number of carbonyl (C=O) groups is 1. The number of nitrogens with two attached hydrogens (primary N) is 1. The Hall–Kier alpha value is -1.59. The van der Waals surface area contributed by atoms with Crippen molar-refractivity contribution >= 4 is 17.3 Å². The molecule has 2 aliphatic rings. The molecule has 0 aliphatic carbocycles. The molecule has 2 atom stereocenters. The van der Waals surface area contributed by atoms with E-state index in [9.17, 15) is 4.79 Å². The molecule has 2 unspecified atom stereocenters. The highest BCUT2D eigenvalue weighted by molar-refractivity contribution is 6.02. The molecule has 1 saturated heterocycles. The maximum atomic E-state index is 11.6. The van der Waals surface area contributed by atoms with E-state index in [-0.39, 0.29) is 17.6 Å². The molecule has 0 bridgehead atoms. The number of carbonyl (C=O) groups excluding carboxylic acids is 1. The molecule has 108 valence electrons. The molecular weight excluding hydrogens is 254 g/mol. The Balaban J connectivity index is 1.89. The number of rotatable bonds is 1. The minimum atomic E-state index is -0.542. The minimum absolute atomic E-state index is 0.132. The van der Waals surface area contributed by atoms with Crippen LogP contribution in [0.5, 0.6) is 0 Å². The summed E-state index contributed by atoms with van der Waals surface area (Å²) in [5, 5.41) is 2.84. The van der Waals surface area contributed by atoms with E-state index >= 15 is 0 Å². The lowest BCUT2D eigenvalue weighted by molar-refractivity contribution is -0.116. The van der Waals surface area contributed by atoms with E-state index in [1.165, 1.54) is 0 Å². The number of morpholine rings is 1. The van der Waals surface area contributed by atoms with Gasteiger partial charge in [-0.15, -0.1) is 0 Å². The number of hydrogen-bond acceptors (Lipinski definition) is 4. The quantitative estimate of drug-likeness (QED) is 0.817. The first-order valence-electron chi connectivity index (χ1n) is 6.99. The standard InChI is InChI=1S/C15H21N3O2/c1-9-7-18(8-15(2,3)20-9)10-4-5-11-12(6-10)17-14(19)13(11)16/h4-6,9,13H,7-8,16H2,1-3H3,(H,17,19). The summed E-state index contributed by atoms with van der Waals surface area (Å²) in [6.45, 7) is 7.96. The van der Waals surface area contributed by atoms with Crippen molar-refractivity contribution in [2.75, 3.05) is 23.3 Å². The van der Waals surface area contributed by atoms with Crippen LogP contribution in [0, 0.1) is 0 Å². The number of fused-ring (bicyclic) bond motifs is 1. The Kier molecular flexibility index (Phi) is 2.99. The number of hydrogen-bond donors (Lipinski definition) is 2. The molecule has 1 fully saturated rings. The fourth-order valence-corrected chi connectivity index (χ4v) is 3.12. The number of ether oxygens (including phenoxy) is 1. The first kappa shape index (κ1) is 13.4. The van der Waals surface area contributed by atoms with Crippen LogP contribution >= 0.6 is 0 Å². The topological polar surface area (TPSA) is 67.6 Å². The number of anilines is 2. The van der Waals surface area contributed by atoms with E-state index in [0.717, 1.165) is 30.0 Å². The first-order valence-corrected chi connectivity index (χ1v) is 6.99. The van der Waals surface area contributed by atoms with Crippen LogP contribution in [-0.2, 0) is 9.53 Å². The summed E-state index contributed by atoms with van der Waals surface area (Å²) in [4.78, 5) is 13.9. The molecule has 1 aromatic rings. The van der Waals surface area contributed by atoms with Gasteiger partial charge in [0.25, 0.3) is 0 Å². The number of nitrogens with one attached hydrogen (secondary N) is 1. The molecule has 1 amide bonds. The van der Waals surface area contributed by atoms with Gasteiger partial charge in [0.1, 0.15) is 6.04 Å². The van der Waals surface area contributed by atoms with Gasteiger partial charge >= 0.3 is 0 Å². The summed E-state index contributed by atoms with van der Waals surface area (Å²) in [7, 11) is 0. The van der Waals surface area contributed by atoms with Crippen molar-refractivity contribution in [3.05, 3.63) is 23.8 Å². The fourth-order valence-electron chi connectivity index (χ4n) is 3.12. The van der Waals surface area contributed by atoms with Crippen molar-refractivity contribution < 1.29 is 9.53 Å². The van der Waals surface area contributed by atoms with E-state index in [4.69, 9.17) is 10.5 Å². The SMILES string of the molecule is CC1CN(c2ccc3c(c2)NC(=O)C3N)CC(C)(C)O1. The predicted molar refractivity (Wildman–Crippen MR) is 78.8 cm³/mol. The summed E-state index contributed by atoms with van der Waals surface area (Å²) in [5.74, 6) is -0.132. The zero-order chi connectivity index (χ0) is 14.5. The number of benzene rings is 1. The van der Waals surface area contributed by atoms with Gasteiger partial charge in [0.15, 0.2) is 0 Å². The third-order valence-electron chi connectivity index (χ3n) is 3.85. The molecule has 20 heavy (non-hydrogen) atoms. The van der Waals surface area contributed by atoms with Crippen LogP contribution in [0.3, 0.4) is 0 Å². The minimum Gasteiger partial charge on any atom is -0.369 e. The maximum absolute atomic E-state index is 11.6. The highest BCUT2D eigenvalue weighted by Crippen LogP contribution is 2.34. The number of amides is 1. The van der Waals surface area contributed by atoms with Crippen LogP contribution in [0.4, 0.5) is 11.4 Å². The summed E-state index contributed by atoms with van der Waals surface area (Å²) >= 11 is 0. The van der Waals surface area contributed by atoms with Gasteiger partial charge in [-0.1, -0.05) is 6.07 Å². The molecule has 0 aromatic heterocycles. The van der Waals surface area contributed by atoms with Crippen molar-refractivity contribution in [1.29, 1.82) is 0 Å². The average Bonchev–Trinajstić information content (AvgIpc) is 2.62. The Morgan fingerprint density at radius 1 is 1.45 bits per heavy atom. The zero-order valence-electron chi connectivity index (χ0n) is 12.1. The lowest BCUT2D eigenvalue weighted by Gasteiger charge is -2.43. The third-order valence-corrected chi connectivity index (χ3v) is 3.85. The molecule has 0 radical (unpaired) electrons. The Morgan fingerprint density at radius 2 is 2.20 bits per heavy atom. The van der Waals surface area contributed by atoms with Gasteiger partial charge in [-0.25, -0.2) is 0 Å². The first-order chi connectivity index (χ1) is 9.35. The van der Waals surface area contributed by atoms with Crippen LogP contribution in [0.15, 0.2) is 18.2 Å². The van der Waals surface area contributed by atoms with Crippen molar-refractivity contribution in [1.82, 2.24) is 0 Å². The summed E-state index contributed by atoms with van der Waals surface area (Å²) in [5.41, 5.74) is 8.47. The van der Waals surface area contributed by atoms with Gasteiger partial charge in [0.05, 0.1) is 11.7 Å². The Morgan fingerprint density at radius 3 is 2.90 bits per heavy atom. The fraction of sp³-hybridized carbons (Fsp3) is 0.533. The van der Waals surface area contributed by atoms with Crippen molar-refractivity contribution in [3.63, 3.8) is 0 Å². The van der Waals surface area contributed by atoms with E-state index in [1.54, 1.807) is 0 Å². The largest absolute Gasteiger partial charge is 0.369 e. The summed E-state index contributed by atoms with van der Waals surface area (Å²) in [6, 6.07) is 5.45. The van der Waals surface area contributed by atoms with Gasteiger partial charge < -0.3 is 20.7 Å². The van der Waals surface area contributed by atoms with E-state index < -0.39 is 6.04 Å². The molecule has 1 aromatic carbocycles. The lowest BCUT2D eigenvalue weighted by Crippen LogP contribution is -2.52. The highest BCUT2D eigenvalue weighted by Gasteiger charge is 2.33. The van der Waals surface area contributed by atoms with Crippen molar-refractivity contribution in [2.45, 2.75) is 38.5 Å². The van der Waals surface area contributed by atoms with Crippen LogP contribution in [0.1, 0.15) is 32.4 Å². The molecule has 5 heteroatoms. The monoisotopic (exact) mass is 275 g/mol. The summed E-state index contributed by atoms with van der Waals surface area (Å²) < 4.78 is 5.92. The molecule has 3 rings (SSSR count). The Labute approximate surface area is 119 Å². The highest BCUT2D eigenvalue weighted by atomic mass is 16.5. The van der Waals surface area contributed by atoms with E-state index in [2.05, 4.69) is 31.0 Å². The van der Waals surface area contributed by atoms with Crippen molar-refractivity contribution in [3.8, 4) is 0 Å². The van der Waals surface area contributed by atoms with Crippen molar-refractivity contribution in [2.24, 2.45) is 5.73 Å². The summed E-state index contributed by atoms with van der Waals surface area (Å²) in [6.07, 6.45) is 0.184. The average molecular weight is 275 g/mol. The van der Waals surface area contributed by atoms with Crippen LogP contribution in [-0.4, -0.2) is 30.7 Å². The van der Waals surface area contributed by atoms with Gasteiger partial charge in [-0.3, -0.25) is 4.79 Å². The van der Waals surface area contributed by atoms with Gasteiger partial charge in [0.2, 0.25) is 5.91 Å². The molecule has 5 nitrogen and oxygen atoms in total. The lowest BCUT2D eigenvalue weighted by atomic mass is 10.0. The Bertz CT molecular complexity index is 556. The van der Waals surface area contributed by atoms with Crippen LogP contribution in [0.2, 0.25) is 0 Å². The number of nitrogens with zero attached hydrogens (tertiary/aromatic N) is 1. The van der Waals surface area contributed by atoms with Gasteiger partial charge in [-0.2, -0.15) is 0 Å². The van der Waals surface area contributed by atoms with Crippen LogP contribution < -0.4 is 16.0 Å². The smallest absolute Gasteiger partial charge is 0.245 e.